The Balaban J connectivity index is 1.90. The van der Waals surface area contributed by atoms with E-state index in [1.807, 2.05) is 30.3 Å². The van der Waals surface area contributed by atoms with Gasteiger partial charge in [-0.25, -0.2) is 9.59 Å². The molecule has 21 heavy (non-hydrogen) atoms. The molecule has 1 aromatic rings. The number of nitrogens with one attached hydrogen (secondary N) is 1. The molecule has 6 nitrogen and oxygen atoms in total. The van der Waals surface area contributed by atoms with Crippen LogP contribution < -0.4 is 5.32 Å². The van der Waals surface area contributed by atoms with Crippen molar-refractivity contribution in [1.82, 2.24) is 5.32 Å². The van der Waals surface area contributed by atoms with E-state index in [0.29, 0.717) is 0 Å². The molecule has 112 valence electrons. The van der Waals surface area contributed by atoms with Crippen LogP contribution in [0.3, 0.4) is 0 Å². The summed E-state index contributed by atoms with van der Waals surface area (Å²) < 4.78 is 9.95. The van der Waals surface area contributed by atoms with Gasteiger partial charge in [-0.15, -0.1) is 0 Å². The van der Waals surface area contributed by atoms with E-state index in [4.69, 9.17) is 9.47 Å². The number of esters is 1. The highest BCUT2D eigenvalue weighted by molar-refractivity contribution is 6.02. The van der Waals surface area contributed by atoms with Gasteiger partial charge < -0.3 is 14.8 Å². The van der Waals surface area contributed by atoms with E-state index < -0.39 is 17.6 Å². The summed E-state index contributed by atoms with van der Waals surface area (Å²) in [5.41, 5.74) is -0.427. The molecule has 1 aromatic carbocycles. The Morgan fingerprint density at radius 1 is 1.19 bits per heavy atom. The van der Waals surface area contributed by atoms with E-state index in [0.717, 1.165) is 5.56 Å². The topological polar surface area (TPSA) is 81.7 Å². The first-order valence-corrected chi connectivity index (χ1v) is 6.73. The summed E-state index contributed by atoms with van der Waals surface area (Å²) in [7, 11) is 0. The first kappa shape index (κ1) is 15.0. The molecule has 1 saturated carbocycles. The number of alkyl carbamates (subject to hydrolysis) is 1. The van der Waals surface area contributed by atoms with E-state index in [9.17, 15) is 14.4 Å². The second-order valence-corrected chi connectivity index (χ2v) is 4.88. The maximum absolute atomic E-state index is 11.9. The van der Waals surface area contributed by atoms with Gasteiger partial charge in [-0.3, -0.25) is 4.79 Å². The number of rotatable bonds is 5. The quantitative estimate of drug-likeness (QED) is 0.833. The van der Waals surface area contributed by atoms with Crippen molar-refractivity contribution in [3.8, 4) is 0 Å². The van der Waals surface area contributed by atoms with E-state index in [1.165, 1.54) is 0 Å². The van der Waals surface area contributed by atoms with Gasteiger partial charge in [0.2, 0.25) is 0 Å². The second-order valence-electron chi connectivity index (χ2n) is 4.88. The summed E-state index contributed by atoms with van der Waals surface area (Å²) in [4.78, 5) is 34.8. The minimum Gasteiger partial charge on any atom is -0.464 e. The number of hydrogen-bond donors (Lipinski definition) is 1. The molecular weight excluding hydrogens is 274 g/mol. The number of amides is 1. The van der Waals surface area contributed by atoms with Crippen molar-refractivity contribution in [3.05, 3.63) is 35.9 Å². The molecule has 1 aliphatic rings. The van der Waals surface area contributed by atoms with Crippen LogP contribution in [0.2, 0.25) is 0 Å². The molecule has 1 amide bonds. The lowest BCUT2D eigenvalue weighted by atomic mass is 9.75. The zero-order chi connectivity index (χ0) is 15.3. The third-order valence-corrected chi connectivity index (χ3v) is 3.22. The number of carbonyl (C=O) groups excluding carboxylic acids is 3. The van der Waals surface area contributed by atoms with Crippen LogP contribution in [0.1, 0.15) is 25.3 Å². The molecule has 0 aliphatic heterocycles. The Morgan fingerprint density at radius 2 is 1.86 bits per heavy atom. The van der Waals surface area contributed by atoms with Gasteiger partial charge >= 0.3 is 12.1 Å². The van der Waals surface area contributed by atoms with Crippen LogP contribution in [0.15, 0.2) is 30.3 Å². The van der Waals surface area contributed by atoms with Crippen LogP contribution in [0.5, 0.6) is 0 Å². The van der Waals surface area contributed by atoms with Gasteiger partial charge in [0.25, 0.3) is 0 Å². The largest absolute Gasteiger partial charge is 0.464 e. The number of Topliss-reactive ketones (excluding diaryl/α,β-unsaturated/α-hetero) is 1. The third-order valence-electron chi connectivity index (χ3n) is 3.22. The molecule has 1 fully saturated rings. The standard InChI is InChI=1S/C15H17NO5/c1-2-20-13(18)15(8-12(17)9-15)16-14(19)21-10-11-6-4-3-5-7-11/h3-7H,2,8-10H2,1H3,(H,16,19). The van der Waals surface area contributed by atoms with Crippen molar-refractivity contribution < 1.29 is 23.9 Å². The Hall–Kier alpha value is -2.37. The highest BCUT2D eigenvalue weighted by atomic mass is 16.6. The van der Waals surface area contributed by atoms with Crippen LogP contribution in [0, 0.1) is 0 Å². The fourth-order valence-electron chi connectivity index (χ4n) is 2.13. The highest BCUT2D eigenvalue weighted by Gasteiger charge is 2.52. The maximum atomic E-state index is 11.9. The van der Waals surface area contributed by atoms with Crippen molar-refractivity contribution in [2.75, 3.05) is 6.61 Å². The van der Waals surface area contributed by atoms with E-state index in [-0.39, 0.29) is 31.8 Å². The average Bonchev–Trinajstić information content (AvgIpc) is 2.44. The van der Waals surface area contributed by atoms with Crippen LogP contribution in [-0.4, -0.2) is 30.0 Å². The summed E-state index contributed by atoms with van der Waals surface area (Å²) in [5, 5.41) is 2.46. The van der Waals surface area contributed by atoms with Crippen LogP contribution in [0.25, 0.3) is 0 Å². The molecule has 0 aromatic heterocycles. The van der Waals surface area contributed by atoms with E-state index in [1.54, 1.807) is 6.92 Å². The fraction of sp³-hybridized carbons (Fsp3) is 0.400. The zero-order valence-corrected chi connectivity index (χ0v) is 11.8. The van der Waals surface area contributed by atoms with Crippen molar-refractivity contribution in [1.29, 1.82) is 0 Å². The van der Waals surface area contributed by atoms with Gasteiger partial charge in [0.05, 0.1) is 6.61 Å². The minimum absolute atomic E-state index is 0.0493. The van der Waals surface area contributed by atoms with Gasteiger partial charge in [-0.1, -0.05) is 30.3 Å². The summed E-state index contributed by atoms with van der Waals surface area (Å²) in [6.07, 6.45) is -0.835. The normalized spacial score (nSPS) is 15.8. The first-order chi connectivity index (χ1) is 10.1. The average molecular weight is 291 g/mol. The zero-order valence-electron chi connectivity index (χ0n) is 11.8. The predicted octanol–water partition coefficient (Wildman–Crippen LogP) is 1.58. The van der Waals surface area contributed by atoms with Gasteiger partial charge in [-0.2, -0.15) is 0 Å². The molecule has 1 aliphatic carbocycles. The molecule has 0 spiro atoms. The molecule has 1 N–H and O–H groups in total. The van der Waals surface area contributed by atoms with Gasteiger partial charge in [0, 0.05) is 12.8 Å². The van der Waals surface area contributed by atoms with Crippen molar-refractivity contribution >= 4 is 17.8 Å². The lowest BCUT2D eigenvalue weighted by Crippen LogP contribution is -2.63. The Morgan fingerprint density at radius 3 is 2.43 bits per heavy atom. The lowest BCUT2D eigenvalue weighted by molar-refractivity contribution is -0.159. The first-order valence-electron chi connectivity index (χ1n) is 6.73. The van der Waals surface area contributed by atoms with E-state index in [2.05, 4.69) is 5.32 Å². The van der Waals surface area contributed by atoms with Crippen molar-refractivity contribution in [3.63, 3.8) is 0 Å². The van der Waals surface area contributed by atoms with Crippen LogP contribution >= 0.6 is 0 Å². The molecule has 0 radical (unpaired) electrons. The maximum Gasteiger partial charge on any atom is 0.408 e. The van der Waals surface area contributed by atoms with Gasteiger partial charge in [-0.05, 0) is 12.5 Å². The number of hydrogen-bond acceptors (Lipinski definition) is 5. The lowest BCUT2D eigenvalue weighted by Gasteiger charge is -2.37. The second kappa shape index (κ2) is 6.39. The smallest absolute Gasteiger partial charge is 0.408 e. The molecule has 0 unspecified atom stereocenters. The fourth-order valence-corrected chi connectivity index (χ4v) is 2.13. The Kier molecular flexibility index (Phi) is 4.57. The molecule has 0 saturated heterocycles. The molecular formula is C15H17NO5. The number of ketones is 1. The van der Waals surface area contributed by atoms with Gasteiger partial charge in [0.1, 0.15) is 12.4 Å². The Bertz CT molecular complexity index is 532. The van der Waals surface area contributed by atoms with Gasteiger partial charge in [0.15, 0.2) is 5.54 Å². The summed E-state index contributed by atoms with van der Waals surface area (Å²) in [6.45, 7) is 1.95. The molecule has 0 bridgehead atoms. The van der Waals surface area contributed by atoms with E-state index >= 15 is 0 Å². The van der Waals surface area contributed by atoms with Crippen molar-refractivity contribution in [2.45, 2.75) is 31.9 Å². The molecule has 2 rings (SSSR count). The van der Waals surface area contributed by atoms with Crippen LogP contribution in [-0.2, 0) is 25.7 Å². The number of carbonyl (C=O) groups is 3. The molecule has 0 heterocycles. The summed E-state index contributed by atoms with van der Waals surface area (Å²) >= 11 is 0. The summed E-state index contributed by atoms with van der Waals surface area (Å²) in [5.74, 6) is -0.687. The SMILES string of the molecule is CCOC(=O)C1(NC(=O)OCc2ccccc2)CC(=O)C1. The van der Waals surface area contributed by atoms with Crippen molar-refractivity contribution in [2.24, 2.45) is 0 Å². The monoisotopic (exact) mass is 291 g/mol. The highest BCUT2D eigenvalue weighted by Crippen LogP contribution is 2.30. The predicted molar refractivity (Wildman–Crippen MR) is 73.4 cm³/mol. The molecule has 6 heteroatoms. The number of ether oxygens (including phenoxy) is 2. The minimum atomic E-state index is -1.26. The third kappa shape index (κ3) is 3.59. The number of benzene rings is 1. The molecule has 0 atom stereocenters. The summed E-state index contributed by atoms with van der Waals surface area (Å²) in [6, 6.07) is 9.17. The Labute approximate surface area is 122 Å². The van der Waals surface area contributed by atoms with Crippen LogP contribution in [0.4, 0.5) is 4.79 Å².